The number of nitrogens with zero attached hydrogens (tertiary/aromatic N) is 3. The van der Waals surface area contributed by atoms with Crippen molar-refractivity contribution in [1.82, 2.24) is 9.97 Å². The molecule has 0 aliphatic carbocycles. The first-order valence-electron chi connectivity index (χ1n) is 6.31. The van der Waals surface area contributed by atoms with Crippen LogP contribution in [0.25, 0.3) is 0 Å². The van der Waals surface area contributed by atoms with Crippen LogP contribution in [-0.4, -0.2) is 34.3 Å². The van der Waals surface area contributed by atoms with Crippen LogP contribution in [0.2, 0.25) is 0 Å². The molecule has 2 rings (SSSR count). The van der Waals surface area contributed by atoms with E-state index in [4.69, 9.17) is 10.5 Å². The molecule has 2 heterocycles. The molecular weight excluding hydrogens is 326 g/mol. The van der Waals surface area contributed by atoms with Gasteiger partial charge < -0.3 is 15.8 Å². The van der Waals surface area contributed by atoms with E-state index < -0.39 is 4.92 Å². The van der Waals surface area contributed by atoms with Crippen molar-refractivity contribution < 1.29 is 9.66 Å². The zero-order chi connectivity index (χ0) is 15.9. The van der Waals surface area contributed by atoms with Crippen molar-refractivity contribution in [2.45, 2.75) is 5.75 Å². The van der Waals surface area contributed by atoms with Crippen molar-refractivity contribution in [1.29, 1.82) is 0 Å². The van der Waals surface area contributed by atoms with Gasteiger partial charge in [0.15, 0.2) is 5.13 Å². The van der Waals surface area contributed by atoms with Crippen LogP contribution in [-0.2, 0) is 5.75 Å². The fourth-order valence-electron chi connectivity index (χ4n) is 1.63. The average Bonchev–Trinajstić information content (AvgIpc) is 2.92. The third-order valence-corrected chi connectivity index (χ3v) is 4.33. The number of rotatable bonds is 8. The summed E-state index contributed by atoms with van der Waals surface area (Å²) in [5.41, 5.74) is 6.43. The lowest BCUT2D eigenvalue weighted by Crippen LogP contribution is -2.08. The van der Waals surface area contributed by atoms with E-state index in [2.05, 4.69) is 15.3 Å². The Kier molecular flexibility index (Phi) is 5.78. The summed E-state index contributed by atoms with van der Waals surface area (Å²) in [4.78, 5) is 18.7. The van der Waals surface area contributed by atoms with Gasteiger partial charge in [-0.15, -0.1) is 11.3 Å². The Morgan fingerprint density at radius 1 is 1.50 bits per heavy atom. The summed E-state index contributed by atoms with van der Waals surface area (Å²) in [6.07, 6.45) is 0. The molecule has 10 heteroatoms. The number of thioether (sulfide) groups is 1. The van der Waals surface area contributed by atoms with Crippen molar-refractivity contribution >= 4 is 39.7 Å². The zero-order valence-electron chi connectivity index (χ0n) is 11.8. The van der Waals surface area contributed by atoms with Gasteiger partial charge in [0.05, 0.1) is 17.7 Å². The maximum Gasteiger partial charge on any atom is 0.311 e. The van der Waals surface area contributed by atoms with E-state index >= 15 is 0 Å². The lowest BCUT2D eigenvalue weighted by molar-refractivity contribution is -0.384. The number of anilines is 2. The first kappa shape index (κ1) is 16.3. The number of nitrogens with two attached hydrogens (primary N) is 1. The fourth-order valence-corrected chi connectivity index (χ4v) is 3.05. The molecule has 0 saturated heterocycles. The predicted molar refractivity (Wildman–Crippen MR) is 88.6 cm³/mol. The summed E-state index contributed by atoms with van der Waals surface area (Å²) in [5, 5.41) is 16.4. The van der Waals surface area contributed by atoms with E-state index in [-0.39, 0.29) is 11.5 Å². The first-order chi connectivity index (χ1) is 10.6. The van der Waals surface area contributed by atoms with Crippen LogP contribution in [0.3, 0.4) is 0 Å². The summed E-state index contributed by atoms with van der Waals surface area (Å²) in [5.74, 6) is 2.05. The van der Waals surface area contributed by atoms with E-state index in [9.17, 15) is 10.1 Å². The monoisotopic (exact) mass is 341 g/mol. The molecule has 0 aromatic carbocycles. The maximum absolute atomic E-state index is 11.0. The normalized spacial score (nSPS) is 10.4. The molecule has 0 atom stereocenters. The van der Waals surface area contributed by atoms with Crippen molar-refractivity contribution in [3.8, 4) is 5.88 Å². The topological polar surface area (TPSA) is 116 Å². The van der Waals surface area contributed by atoms with Crippen LogP contribution in [0, 0.1) is 10.1 Å². The Balaban J connectivity index is 1.84. The molecule has 0 spiro atoms. The molecule has 22 heavy (non-hydrogen) atoms. The van der Waals surface area contributed by atoms with Crippen molar-refractivity contribution in [3.63, 3.8) is 0 Å². The minimum absolute atomic E-state index is 0.0712. The Morgan fingerprint density at radius 2 is 2.32 bits per heavy atom. The number of nitro groups is 1. The smallest absolute Gasteiger partial charge is 0.311 e. The third kappa shape index (κ3) is 4.46. The fraction of sp³-hybridized carbons (Fsp3) is 0.333. The molecule has 8 nitrogen and oxygen atoms in total. The highest BCUT2D eigenvalue weighted by atomic mass is 32.2. The second-order valence-corrected chi connectivity index (χ2v) is 6.13. The number of hydrogen-bond donors (Lipinski definition) is 2. The van der Waals surface area contributed by atoms with Crippen molar-refractivity contribution in [2.75, 3.05) is 30.5 Å². The first-order valence-corrected chi connectivity index (χ1v) is 8.34. The van der Waals surface area contributed by atoms with Crippen LogP contribution >= 0.6 is 23.1 Å². The van der Waals surface area contributed by atoms with Crippen LogP contribution in [0.1, 0.15) is 5.69 Å². The Hall–Kier alpha value is -2.07. The molecule has 0 bridgehead atoms. The number of pyridine rings is 1. The molecule has 2 aromatic heterocycles. The number of ether oxygens (including phenoxy) is 1. The largest absolute Gasteiger partial charge is 0.481 e. The standard InChI is InChI=1S/C12H15N5O3S2/c1-20-10-3-2-9(17(18)19)11(16-10)14-4-5-21-6-8-7-22-12(13)15-8/h2-3,7H,4-6H2,1H3,(H2,13,15)(H,14,16). The summed E-state index contributed by atoms with van der Waals surface area (Å²) < 4.78 is 4.98. The summed E-state index contributed by atoms with van der Waals surface area (Å²) in [6.45, 7) is 0.547. The van der Waals surface area contributed by atoms with Crippen LogP contribution < -0.4 is 15.8 Å². The van der Waals surface area contributed by atoms with E-state index in [0.717, 1.165) is 17.2 Å². The van der Waals surface area contributed by atoms with E-state index in [1.807, 2.05) is 5.38 Å². The molecule has 118 valence electrons. The molecule has 0 fully saturated rings. The Bertz CT molecular complexity index is 649. The van der Waals surface area contributed by atoms with Gasteiger partial charge in [-0.05, 0) is 0 Å². The van der Waals surface area contributed by atoms with Gasteiger partial charge in [-0.1, -0.05) is 0 Å². The van der Waals surface area contributed by atoms with Crippen LogP contribution in [0.5, 0.6) is 5.88 Å². The van der Waals surface area contributed by atoms with E-state index in [1.165, 1.54) is 30.6 Å². The Labute approximate surface area is 135 Å². The van der Waals surface area contributed by atoms with Gasteiger partial charge in [-0.3, -0.25) is 10.1 Å². The van der Waals surface area contributed by atoms with Gasteiger partial charge >= 0.3 is 5.69 Å². The molecule has 0 radical (unpaired) electrons. The lowest BCUT2D eigenvalue weighted by Gasteiger charge is -2.07. The SMILES string of the molecule is COc1ccc([N+](=O)[O-])c(NCCSCc2csc(N)n2)n1. The maximum atomic E-state index is 11.0. The number of nitrogens with one attached hydrogen (secondary N) is 1. The predicted octanol–water partition coefficient (Wildman–Crippen LogP) is 2.38. The molecular formula is C12H15N5O3S2. The summed E-state index contributed by atoms with van der Waals surface area (Å²) in [6, 6.07) is 2.84. The number of thiazole rings is 1. The molecule has 0 aliphatic rings. The third-order valence-electron chi connectivity index (χ3n) is 2.61. The minimum atomic E-state index is -0.472. The highest BCUT2D eigenvalue weighted by molar-refractivity contribution is 7.98. The molecule has 3 N–H and O–H groups in total. The van der Waals surface area contributed by atoms with E-state index in [1.54, 1.807) is 11.8 Å². The van der Waals surface area contributed by atoms with Gasteiger partial charge in [-0.25, -0.2) is 4.98 Å². The molecule has 0 saturated carbocycles. The second kappa shape index (κ2) is 7.80. The second-order valence-electron chi connectivity index (χ2n) is 4.13. The van der Waals surface area contributed by atoms with E-state index in [0.29, 0.717) is 17.6 Å². The summed E-state index contributed by atoms with van der Waals surface area (Å²) in [7, 11) is 1.47. The number of hydrogen-bond acceptors (Lipinski definition) is 9. The molecule has 0 amide bonds. The van der Waals surface area contributed by atoms with Gasteiger partial charge in [0.2, 0.25) is 11.7 Å². The van der Waals surface area contributed by atoms with Crippen LogP contribution in [0.4, 0.5) is 16.6 Å². The summed E-state index contributed by atoms with van der Waals surface area (Å²) >= 11 is 3.07. The number of aromatic nitrogens is 2. The van der Waals surface area contributed by atoms with Crippen LogP contribution in [0.15, 0.2) is 17.5 Å². The molecule has 2 aromatic rings. The molecule has 0 aliphatic heterocycles. The van der Waals surface area contributed by atoms with Gasteiger partial charge in [0.1, 0.15) is 0 Å². The minimum Gasteiger partial charge on any atom is -0.481 e. The zero-order valence-corrected chi connectivity index (χ0v) is 13.4. The number of nitrogen functional groups attached to an aromatic ring is 1. The van der Waals surface area contributed by atoms with Crippen molar-refractivity contribution in [2.24, 2.45) is 0 Å². The van der Waals surface area contributed by atoms with Gasteiger partial charge in [0, 0.05) is 35.6 Å². The van der Waals surface area contributed by atoms with Gasteiger partial charge in [-0.2, -0.15) is 16.7 Å². The van der Waals surface area contributed by atoms with Gasteiger partial charge in [0.25, 0.3) is 0 Å². The quantitative estimate of drug-likeness (QED) is 0.427. The Morgan fingerprint density at radius 3 is 2.95 bits per heavy atom. The highest BCUT2D eigenvalue weighted by Crippen LogP contribution is 2.25. The van der Waals surface area contributed by atoms with Crippen molar-refractivity contribution in [3.05, 3.63) is 33.3 Å². The average molecular weight is 341 g/mol. The molecule has 0 unspecified atom stereocenters. The number of methoxy groups -OCH3 is 1. The highest BCUT2D eigenvalue weighted by Gasteiger charge is 2.15. The lowest BCUT2D eigenvalue weighted by atomic mass is 10.4.